The second-order valence-corrected chi connectivity index (χ2v) is 6.88. The standard InChI is InChI=1S/C19H28N4O2/c1-13-9-20-18(16(4)19(13)24-5)12-22-6-7-25-17(10-22)11-23-15(3)8-14(2)21-23/h8-9,17H,6-7,10-12H2,1-5H3. The molecule has 1 unspecified atom stereocenters. The summed E-state index contributed by atoms with van der Waals surface area (Å²) in [6.07, 6.45) is 2.05. The number of morpholine rings is 1. The van der Waals surface area contributed by atoms with Crippen LogP contribution in [0.4, 0.5) is 0 Å². The summed E-state index contributed by atoms with van der Waals surface area (Å²) in [6, 6.07) is 2.10. The average molecular weight is 344 g/mol. The van der Waals surface area contributed by atoms with Crippen molar-refractivity contribution in [2.75, 3.05) is 26.8 Å². The van der Waals surface area contributed by atoms with E-state index < -0.39 is 0 Å². The van der Waals surface area contributed by atoms with Gasteiger partial charge >= 0.3 is 0 Å². The van der Waals surface area contributed by atoms with E-state index in [1.54, 1.807) is 7.11 Å². The van der Waals surface area contributed by atoms with Gasteiger partial charge in [-0.1, -0.05) is 0 Å². The molecular formula is C19H28N4O2. The number of aromatic nitrogens is 3. The molecule has 2 aromatic heterocycles. The predicted octanol–water partition coefficient (Wildman–Crippen LogP) is 2.42. The van der Waals surface area contributed by atoms with Gasteiger partial charge < -0.3 is 9.47 Å². The molecule has 0 N–H and O–H groups in total. The van der Waals surface area contributed by atoms with E-state index in [-0.39, 0.29) is 6.10 Å². The molecule has 25 heavy (non-hydrogen) atoms. The van der Waals surface area contributed by atoms with Crippen molar-refractivity contribution in [2.45, 2.75) is 46.9 Å². The van der Waals surface area contributed by atoms with Crippen LogP contribution in [-0.4, -0.2) is 52.6 Å². The van der Waals surface area contributed by atoms with Crippen LogP contribution in [0.2, 0.25) is 0 Å². The number of hydrogen-bond acceptors (Lipinski definition) is 5. The molecule has 1 atom stereocenters. The summed E-state index contributed by atoms with van der Waals surface area (Å²) < 4.78 is 13.5. The minimum absolute atomic E-state index is 0.152. The predicted molar refractivity (Wildman–Crippen MR) is 97.0 cm³/mol. The number of nitrogens with zero attached hydrogens (tertiary/aromatic N) is 4. The van der Waals surface area contributed by atoms with Crippen LogP contribution in [0.3, 0.4) is 0 Å². The summed E-state index contributed by atoms with van der Waals surface area (Å²) in [5.41, 5.74) is 5.52. The molecule has 0 spiro atoms. The Bertz CT molecular complexity index is 741. The van der Waals surface area contributed by atoms with Gasteiger partial charge in [0.2, 0.25) is 0 Å². The van der Waals surface area contributed by atoms with Gasteiger partial charge in [0, 0.05) is 42.7 Å². The van der Waals surface area contributed by atoms with Gasteiger partial charge in [-0.25, -0.2) is 0 Å². The van der Waals surface area contributed by atoms with E-state index in [1.165, 1.54) is 5.69 Å². The van der Waals surface area contributed by atoms with E-state index in [4.69, 9.17) is 9.47 Å². The maximum atomic E-state index is 5.96. The SMILES string of the molecule is COc1c(C)cnc(CN2CCOC(Cn3nc(C)cc3C)C2)c1C. The molecule has 0 aliphatic carbocycles. The van der Waals surface area contributed by atoms with Crippen LogP contribution in [0.15, 0.2) is 12.3 Å². The van der Waals surface area contributed by atoms with Crippen LogP contribution in [0.1, 0.15) is 28.2 Å². The average Bonchev–Trinajstić information content (AvgIpc) is 2.88. The normalized spacial score (nSPS) is 18.5. The Labute approximate surface area is 149 Å². The Kier molecular flexibility index (Phi) is 5.39. The number of aryl methyl sites for hydroxylation is 3. The zero-order valence-electron chi connectivity index (χ0n) is 15.9. The number of hydrogen-bond donors (Lipinski definition) is 0. The van der Waals surface area contributed by atoms with Gasteiger partial charge in [-0.3, -0.25) is 14.6 Å². The van der Waals surface area contributed by atoms with Crippen molar-refractivity contribution >= 4 is 0 Å². The summed E-state index contributed by atoms with van der Waals surface area (Å²) in [5, 5.41) is 4.55. The molecule has 1 fully saturated rings. The number of rotatable bonds is 5. The summed E-state index contributed by atoms with van der Waals surface area (Å²) in [4.78, 5) is 7.03. The second-order valence-electron chi connectivity index (χ2n) is 6.88. The lowest BCUT2D eigenvalue weighted by Gasteiger charge is -2.33. The third kappa shape index (κ3) is 4.02. The van der Waals surface area contributed by atoms with Crippen molar-refractivity contribution < 1.29 is 9.47 Å². The lowest BCUT2D eigenvalue weighted by Crippen LogP contribution is -2.44. The molecule has 1 aliphatic heterocycles. The highest BCUT2D eigenvalue weighted by atomic mass is 16.5. The quantitative estimate of drug-likeness (QED) is 0.834. The highest BCUT2D eigenvalue weighted by Gasteiger charge is 2.23. The smallest absolute Gasteiger partial charge is 0.128 e. The van der Waals surface area contributed by atoms with Crippen LogP contribution < -0.4 is 4.74 Å². The van der Waals surface area contributed by atoms with Gasteiger partial charge in [-0.15, -0.1) is 0 Å². The minimum atomic E-state index is 0.152. The highest BCUT2D eigenvalue weighted by Crippen LogP contribution is 2.25. The number of ether oxygens (including phenoxy) is 2. The summed E-state index contributed by atoms with van der Waals surface area (Å²) in [7, 11) is 1.72. The molecule has 2 aromatic rings. The van der Waals surface area contributed by atoms with E-state index in [0.29, 0.717) is 0 Å². The van der Waals surface area contributed by atoms with Crippen molar-refractivity contribution in [3.8, 4) is 5.75 Å². The number of pyridine rings is 1. The first kappa shape index (κ1) is 17.9. The molecule has 0 saturated carbocycles. The monoisotopic (exact) mass is 344 g/mol. The molecule has 1 aliphatic rings. The third-order valence-electron chi connectivity index (χ3n) is 4.83. The van der Waals surface area contributed by atoms with Crippen molar-refractivity contribution in [3.05, 3.63) is 40.5 Å². The van der Waals surface area contributed by atoms with E-state index in [9.17, 15) is 0 Å². The topological polar surface area (TPSA) is 52.4 Å². The summed E-state index contributed by atoms with van der Waals surface area (Å²) >= 11 is 0. The first-order chi connectivity index (χ1) is 12.0. The second kappa shape index (κ2) is 7.54. The van der Waals surface area contributed by atoms with Gasteiger partial charge in [0.15, 0.2) is 0 Å². The van der Waals surface area contributed by atoms with Gasteiger partial charge in [0.05, 0.1) is 37.8 Å². The maximum Gasteiger partial charge on any atom is 0.128 e. The fourth-order valence-corrected chi connectivity index (χ4v) is 3.53. The van der Waals surface area contributed by atoms with Gasteiger partial charge in [0.25, 0.3) is 0 Å². The first-order valence-electron chi connectivity index (χ1n) is 8.82. The van der Waals surface area contributed by atoms with E-state index >= 15 is 0 Å². The van der Waals surface area contributed by atoms with Gasteiger partial charge in [0.1, 0.15) is 5.75 Å². The Morgan fingerprint density at radius 1 is 1.28 bits per heavy atom. The van der Waals surface area contributed by atoms with Crippen molar-refractivity contribution in [1.82, 2.24) is 19.7 Å². The largest absolute Gasteiger partial charge is 0.496 e. The van der Waals surface area contributed by atoms with E-state index in [0.717, 1.165) is 61.1 Å². The summed E-state index contributed by atoms with van der Waals surface area (Å²) in [6.45, 7) is 12.4. The molecule has 3 heterocycles. The Morgan fingerprint density at radius 3 is 2.76 bits per heavy atom. The lowest BCUT2D eigenvalue weighted by atomic mass is 10.1. The lowest BCUT2D eigenvalue weighted by molar-refractivity contribution is -0.0408. The Balaban J connectivity index is 1.67. The zero-order chi connectivity index (χ0) is 18.0. The van der Waals surface area contributed by atoms with E-state index in [1.807, 2.05) is 24.7 Å². The highest BCUT2D eigenvalue weighted by molar-refractivity contribution is 5.41. The molecule has 0 bridgehead atoms. The molecule has 6 heteroatoms. The number of methoxy groups -OCH3 is 1. The molecule has 0 radical (unpaired) electrons. The fourth-order valence-electron chi connectivity index (χ4n) is 3.53. The fraction of sp³-hybridized carbons (Fsp3) is 0.579. The van der Waals surface area contributed by atoms with Crippen LogP contribution >= 0.6 is 0 Å². The van der Waals surface area contributed by atoms with Crippen molar-refractivity contribution in [3.63, 3.8) is 0 Å². The van der Waals surface area contributed by atoms with Crippen LogP contribution in [-0.2, 0) is 17.8 Å². The molecule has 136 valence electrons. The zero-order valence-corrected chi connectivity index (χ0v) is 15.9. The minimum Gasteiger partial charge on any atom is -0.496 e. The first-order valence-corrected chi connectivity index (χ1v) is 8.82. The van der Waals surface area contributed by atoms with Crippen molar-refractivity contribution in [1.29, 1.82) is 0 Å². The van der Waals surface area contributed by atoms with E-state index in [2.05, 4.69) is 34.9 Å². The van der Waals surface area contributed by atoms with Crippen molar-refractivity contribution in [2.24, 2.45) is 0 Å². The molecule has 1 saturated heterocycles. The Hall–Kier alpha value is -1.92. The summed E-state index contributed by atoms with van der Waals surface area (Å²) in [5.74, 6) is 0.942. The molecule has 0 amide bonds. The maximum absolute atomic E-state index is 5.96. The molecular weight excluding hydrogens is 316 g/mol. The molecule has 3 rings (SSSR count). The molecule has 0 aromatic carbocycles. The van der Waals surface area contributed by atoms with Crippen LogP contribution in [0.25, 0.3) is 0 Å². The van der Waals surface area contributed by atoms with Gasteiger partial charge in [-0.05, 0) is 33.8 Å². The molecule has 6 nitrogen and oxygen atoms in total. The van der Waals surface area contributed by atoms with Gasteiger partial charge in [-0.2, -0.15) is 5.10 Å². The van der Waals surface area contributed by atoms with Crippen LogP contribution in [0.5, 0.6) is 5.75 Å². The van der Waals surface area contributed by atoms with Crippen LogP contribution in [0, 0.1) is 27.7 Å². The Morgan fingerprint density at radius 2 is 2.08 bits per heavy atom. The third-order valence-corrected chi connectivity index (χ3v) is 4.83.